The van der Waals surface area contributed by atoms with Gasteiger partial charge in [0.05, 0.1) is 5.38 Å². The Morgan fingerprint density at radius 3 is 2.86 bits per heavy atom. The molecule has 0 saturated carbocycles. The van der Waals surface area contributed by atoms with E-state index in [9.17, 15) is 0 Å². The lowest BCUT2D eigenvalue weighted by Crippen LogP contribution is -1.97. The Morgan fingerprint density at radius 2 is 1.95 bits per heavy atom. The van der Waals surface area contributed by atoms with Crippen molar-refractivity contribution in [2.45, 2.75) is 31.1 Å². The molecule has 1 atom stereocenters. The molecule has 1 unspecified atom stereocenters. The SMILES string of the molecule is ClC(Cc1nc2ccccc2o1)c1ccc2c(c1)CCC2. The molecule has 2 aromatic carbocycles. The summed E-state index contributed by atoms with van der Waals surface area (Å²) in [7, 11) is 0. The average molecular weight is 298 g/mol. The molecule has 3 aromatic rings. The standard InChI is InChI=1S/C18H16ClNO/c19-15(14-9-8-12-4-3-5-13(12)10-14)11-18-20-16-6-1-2-7-17(16)21-18/h1-2,6-10,15H,3-5,11H2. The lowest BCUT2D eigenvalue weighted by Gasteiger charge is -2.09. The van der Waals surface area contributed by atoms with E-state index >= 15 is 0 Å². The molecule has 0 fully saturated rings. The van der Waals surface area contributed by atoms with Gasteiger partial charge in [-0.1, -0.05) is 30.3 Å². The summed E-state index contributed by atoms with van der Waals surface area (Å²) in [6.45, 7) is 0. The molecule has 1 aliphatic rings. The van der Waals surface area contributed by atoms with E-state index in [1.807, 2.05) is 24.3 Å². The molecule has 3 heteroatoms. The first-order valence-corrected chi connectivity index (χ1v) is 7.83. The zero-order chi connectivity index (χ0) is 14.2. The number of halogens is 1. The van der Waals surface area contributed by atoms with E-state index in [-0.39, 0.29) is 5.38 Å². The minimum Gasteiger partial charge on any atom is -0.441 e. The summed E-state index contributed by atoms with van der Waals surface area (Å²) in [5.74, 6) is 0.705. The van der Waals surface area contributed by atoms with Gasteiger partial charge >= 0.3 is 0 Å². The topological polar surface area (TPSA) is 26.0 Å². The number of aromatic nitrogens is 1. The van der Waals surface area contributed by atoms with Crippen LogP contribution in [-0.4, -0.2) is 4.98 Å². The van der Waals surface area contributed by atoms with Gasteiger partial charge in [0.2, 0.25) is 0 Å². The molecule has 106 valence electrons. The van der Waals surface area contributed by atoms with Crippen LogP contribution in [0.1, 0.15) is 34.4 Å². The summed E-state index contributed by atoms with van der Waals surface area (Å²) < 4.78 is 5.76. The zero-order valence-corrected chi connectivity index (χ0v) is 12.4. The van der Waals surface area contributed by atoms with Crippen molar-refractivity contribution >= 4 is 22.7 Å². The Morgan fingerprint density at radius 1 is 1.10 bits per heavy atom. The van der Waals surface area contributed by atoms with Gasteiger partial charge in [-0.25, -0.2) is 4.98 Å². The molecule has 0 radical (unpaired) electrons. The second kappa shape index (κ2) is 5.19. The number of para-hydroxylation sites is 2. The molecule has 0 amide bonds. The molecule has 1 aromatic heterocycles. The quantitative estimate of drug-likeness (QED) is 0.647. The predicted octanol–water partition coefficient (Wildman–Crippen LogP) is 4.84. The Labute approximate surface area is 128 Å². The Bertz CT molecular complexity index is 760. The number of nitrogens with zero attached hydrogens (tertiary/aromatic N) is 1. The number of hydrogen-bond acceptors (Lipinski definition) is 2. The summed E-state index contributed by atoms with van der Waals surface area (Å²) >= 11 is 6.57. The highest BCUT2D eigenvalue weighted by Crippen LogP contribution is 2.30. The smallest absolute Gasteiger partial charge is 0.197 e. The van der Waals surface area contributed by atoms with Crippen molar-refractivity contribution in [3.05, 3.63) is 65.0 Å². The van der Waals surface area contributed by atoms with Gasteiger partial charge in [0, 0.05) is 6.42 Å². The lowest BCUT2D eigenvalue weighted by molar-refractivity contribution is 0.525. The highest BCUT2D eigenvalue weighted by atomic mass is 35.5. The monoisotopic (exact) mass is 297 g/mol. The molecule has 0 aliphatic heterocycles. The largest absolute Gasteiger partial charge is 0.441 e. The van der Waals surface area contributed by atoms with Crippen LogP contribution in [0.15, 0.2) is 46.9 Å². The van der Waals surface area contributed by atoms with E-state index in [1.165, 1.54) is 36.0 Å². The van der Waals surface area contributed by atoms with Crippen molar-refractivity contribution in [1.29, 1.82) is 0 Å². The van der Waals surface area contributed by atoms with Crippen molar-refractivity contribution < 1.29 is 4.42 Å². The van der Waals surface area contributed by atoms with Gasteiger partial charge < -0.3 is 4.42 Å². The van der Waals surface area contributed by atoms with Crippen molar-refractivity contribution in [2.24, 2.45) is 0 Å². The van der Waals surface area contributed by atoms with Gasteiger partial charge in [0.1, 0.15) is 5.52 Å². The van der Waals surface area contributed by atoms with Crippen LogP contribution in [0.25, 0.3) is 11.1 Å². The van der Waals surface area contributed by atoms with E-state index in [0.29, 0.717) is 12.3 Å². The van der Waals surface area contributed by atoms with Crippen LogP contribution in [0.3, 0.4) is 0 Å². The van der Waals surface area contributed by atoms with Crippen molar-refractivity contribution in [3.8, 4) is 0 Å². The van der Waals surface area contributed by atoms with Gasteiger partial charge in [0.25, 0.3) is 0 Å². The summed E-state index contributed by atoms with van der Waals surface area (Å²) in [6.07, 6.45) is 4.26. The second-order valence-electron chi connectivity index (χ2n) is 5.63. The van der Waals surface area contributed by atoms with E-state index < -0.39 is 0 Å². The second-order valence-corrected chi connectivity index (χ2v) is 6.16. The number of oxazole rings is 1. The van der Waals surface area contributed by atoms with E-state index in [1.54, 1.807) is 0 Å². The lowest BCUT2D eigenvalue weighted by atomic mass is 10.0. The number of alkyl halides is 1. The summed E-state index contributed by atoms with van der Waals surface area (Å²) in [4.78, 5) is 4.50. The van der Waals surface area contributed by atoms with E-state index in [0.717, 1.165) is 11.1 Å². The van der Waals surface area contributed by atoms with Crippen molar-refractivity contribution in [1.82, 2.24) is 4.98 Å². The van der Waals surface area contributed by atoms with Gasteiger partial charge in [0.15, 0.2) is 11.5 Å². The van der Waals surface area contributed by atoms with Gasteiger partial charge in [-0.2, -0.15) is 0 Å². The van der Waals surface area contributed by atoms with Crippen LogP contribution in [0.5, 0.6) is 0 Å². The molecule has 0 saturated heterocycles. The third-order valence-corrected chi connectivity index (χ3v) is 4.58. The van der Waals surface area contributed by atoms with Gasteiger partial charge in [-0.15, -0.1) is 11.6 Å². The molecule has 1 heterocycles. The number of benzene rings is 2. The maximum absolute atomic E-state index is 6.57. The Kier molecular flexibility index (Phi) is 3.19. The molecular weight excluding hydrogens is 282 g/mol. The molecule has 0 bridgehead atoms. The normalized spacial score (nSPS) is 15.3. The van der Waals surface area contributed by atoms with E-state index in [2.05, 4.69) is 23.2 Å². The maximum atomic E-state index is 6.57. The molecule has 0 spiro atoms. The predicted molar refractivity (Wildman–Crippen MR) is 84.8 cm³/mol. The first kappa shape index (κ1) is 12.9. The first-order valence-electron chi connectivity index (χ1n) is 7.40. The molecule has 1 aliphatic carbocycles. The van der Waals surface area contributed by atoms with Crippen LogP contribution in [0, 0.1) is 0 Å². The van der Waals surface area contributed by atoms with Gasteiger partial charge in [-0.05, 0) is 48.1 Å². The number of fused-ring (bicyclic) bond motifs is 2. The third-order valence-electron chi connectivity index (χ3n) is 4.18. The average Bonchev–Trinajstić information content (AvgIpc) is 3.11. The summed E-state index contributed by atoms with van der Waals surface area (Å²) in [6, 6.07) is 14.4. The minimum absolute atomic E-state index is 0.0936. The Hall–Kier alpha value is -1.80. The van der Waals surface area contributed by atoms with Crippen LogP contribution < -0.4 is 0 Å². The number of aryl methyl sites for hydroxylation is 2. The highest BCUT2D eigenvalue weighted by molar-refractivity contribution is 6.20. The van der Waals surface area contributed by atoms with Crippen molar-refractivity contribution in [2.75, 3.05) is 0 Å². The Balaban J connectivity index is 1.58. The van der Waals surface area contributed by atoms with E-state index in [4.69, 9.17) is 16.0 Å². The van der Waals surface area contributed by atoms with Crippen LogP contribution in [0.4, 0.5) is 0 Å². The summed E-state index contributed by atoms with van der Waals surface area (Å²) in [5, 5.41) is -0.0936. The molecule has 0 N–H and O–H groups in total. The first-order chi connectivity index (χ1) is 10.3. The fourth-order valence-corrected chi connectivity index (χ4v) is 3.33. The van der Waals surface area contributed by atoms with Crippen molar-refractivity contribution in [3.63, 3.8) is 0 Å². The number of hydrogen-bond donors (Lipinski definition) is 0. The highest BCUT2D eigenvalue weighted by Gasteiger charge is 2.17. The minimum atomic E-state index is -0.0936. The third kappa shape index (κ3) is 2.44. The fourth-order valence-electron chi connectivity index (χ4n) is 3.06. The zero-order valence-electron chi connectivity index (χ0n) is 11.7. The van der Waals surface area contributed by atoms with Crippen LogP contribution in [-0.2, 0) is 19.3 Å². The molecule has 4 rings (SSSR count). The maximum Gasteiger partial charge on any atom is 0.197 e. The summed E-state index contributed by atoms with van der Waals surface area (Å²) in [5.41, 5.74) is 5.82. The van der Waals surface area contributed by atoms with Crippen LogP contribution >= 0.6 is 11.6 Å². The molecular formula is C18H16ClNO. The molecule has 21 heavy (non-hydrogen) atoms. The van der Waals surface area contributed by atoms with Gasteiger partial charge in [-0.3, -0.25) is 0 Å². The fraction of sp³-hybridized carbons (Fsp3) is 0.278. The van der Waals surface area contributed by atoms with Crippen LogP contribution in [0.2, 0.25) is 0 Å². The molecule has 2 nitrogen and oxygen atoms in total. The number of rotatable bonds is 3.